The zero-order valence-electron chi connectivity index (χ0n) is 11.9. The fourth-order valence-corrected chi connectivity index (χ4v) is 1.51. The van der Waals surface area contributed by atoms with E-state index in [0.717, 1.165) is 37.3 Å². The molecule has 0 aromatic heterocycles. The van der Waals surface area contributed by atoms with Crippen LogP contribution in [0.5, 0.6) is 0 Å². The molecule has 0 aliphatic rings. The van der Waals surface area contributed by atoms with E-state index in [-0.39, 0.29) is 5.57 Å². The average Bonchev–Trinajstić information content (AvgIpc) is 2.33. The van der Waals surface area contributed by atoms with Crippen LogP contribution in [0.4, 0.5) is 0 Å². The standard InChI is InChI=1S/C15H24O4/c1-12(2)8-6-4-5-7-11-19-15(18)13(3)9-10-14(16)17/h9-10,12H,3-8,11H2,1-2H3,(H,16,17). The van der Waals surface area contributed by atoms with Gasteiger partial charge in [-0.2, -0.15) is 0 Å². The van der Waals surface area contributed by atoms with Gasteiger partial charge >= 0.3 is 11.9 Å². The van der Waals surface area contributed by atoms with Gasteiger partial charge in [-0.25, -0.2) is 9.59 Å². The Bertz CT molecular complexity index is 329. The van der Waals surface area contributed by atoms with Gasteiger partial charge in [-0.05, 0) is 18.4 Å². The summed E-state index contributed by atoms with van der Waals surface area (Å²) >= 11 is 0. The van der Waals surface area contributed by atoms with Crippen molar-refractivity contribution in [2.75, 3.05) is 6.61 Å². The van der Waals surface area contributed by atoms with Gasteiger partial charge in [0.2, 0.25) is 0 Å². The van der Waals surface area contributed by atoms with E-state index >= 15 is 0 Å². The minimum Gasteiger partial charge on any atom is -0.478 e. The summed E-state index contributed by atoms with van der Waals surface area (Å²) < 4.78 is 4.98. The minimum absolute atomic E-state index is 0.0576. The number of hydrogen-bond donors (Lipinski definition) is 1. The number of esters is 1. The summed E-state index contributed by atoms with van der Waals surface area (Å²) in [6.07, 6.45) is 7.48. The van der Waals surface area contributed by atoms with Gasteiger partial charge in [0.05, 0.1) is 12.2 Å². The number of carbonyl (C=O) groups excluding carboxylic acids is 1. The van der Waals surface area contributed by atoms with E-state index in [1.807, 2.05) is 0 Å². The lowest BCUT2D eigenvalue weighted by Gasteiger charge is -2.05. The van der Waals surface area contributed by atoms with Crippen molar-refractivity contribution < 1.29 is 19.4 Å². The molecule has 0 atom stereocenters. The van der Waals surface area contributed by atoms with Crippen LogP contribution in [0.1, 0.15) is 46.0 Å². The number of rotatable bonds is 10. The molecule has 0 radical (unpaired) electrons. The third-order valence-electron chi connectivity index (χ3n) is 2.60. The Kier molecular flexibility index (Phi) is 9.49. The number of ether oxygens (including phenoxy) is 1. The van der Waals surface area contributed by atoms with Gasteiger partial charge in [0, 0.05) is 6.08 Å². The predicted octanol–water partition coefficient (Wildman–Crippen LogP) is 3.33. The molecule has 0 spiro atoms. The number of carbonyl (C=O) groups is 2. The van der Waals surface area contributed by atoms with E-state index in [9.17, 15) is 9.59 Å². The van der Waals surface area contributed by atoms with Crippen molar-refractivity contribution in [3.05, 3.63) is 24.3 Å². The van der Waals surface area contributed by atoms with Crippen molar-refractivity contribution in [3.8, 4) is 0 Å². The van der Waals surface area contributed by atoms with Gasteiger partial charge in [-0.1, -0.05) is 46.1 Å². The SMILES string of the molecule is C=C(C=CC(=O)O)C(=O)OCCCCCCC(C)C. The quantitative estimate of drug-likeness (QED) is 0.286. The topological polar surface area (TPSA) is 63.6 Å². The molecular formula is C15H24O4. The van der Waals surface area contributed by atoms with Gasteiger partial charge in [0.1, 0.15) is 0 Å². The van der Waals surface area contributed by atoms with E-state index in [1.54, 1.807) is 0 Å². The Labute approximate surface area is 115 Å². The maximum absolute atomic E-state index is 11.4. The summed E-state index contributed by atoms with van der Waals surface area (Å²) in [4.78, 5) is 21.6. The highest BCUT2D eigenvalue weighted by molar-refractivity contribution is 5.93. The summed E-state index contributed by atoms with van der Waals surface area (Å²) in [6, 6.07) is 0. The van der Waals surface area contributed by atoms with E-state index in [2.05, 4.69) is 20.4 Å². The molecule has 0 aliphatic heterocycles. The highest BCUT2D eigenvalue weighted by Gasteiger charge is 2.05. The third-order valence-corrected chi connectivity index (χ3v) is 2.60. The molecule has 0 bridgehead atoms. The van der Waals surface area contributed by atoms with Crippen molar-refractivity contribution >= 4 is 11.9 Å². The Morgan fingerprint density at radius 2 is 1.79 bits per heavy atom. The van der Waals surface area contributed by atoms with E-state index < -0.39 is 11.9 Å². The van der Waals surface area contributed by atoms with Crippen LogP contribution in [-0.4, -0.2) is 23.7 Å². The summed E-state index contributed by atoms with van der Waals surface area (Å²) in [5, 5.41) is 8.40. The second-order valence-corrected chi connectivity index (χ2v) is 4.93. The largest absolute Gasteiger partial charge is 0.478 e. The van der Waals surface area contributed by atoms with Gasteiger partial charge in [-0.3, -0.25) is 0 Å². The first kappa shape index (κ1) is 17.4. The summed E-state index contributed by atoms with van der Waals surface area (Å²) in [6.45, 7) is 8.22. The van der Waals surface area contributed by atoms with Gasteiger partial charge in [-0.15, -0.1) is 0 Å². The molecule has 0 saturated carbocycles. The Morgan fingerprint density at radius 3 is 2.37 bits per heavy atom. The first-order chi connectivity index (χ1) is 8.93. The molecule has 0 aromatic carbocycles. The molecule has 0 amide bonds. The van der Waals surface area contributed by atoms with Crippen LogP contribution in [0.25, 0.3) is 0 Å². The number of carboxylic acid groups (broad SMARTS) is 1. The van der Waals surface area contributed by atoms with Crippen LogP contribution in [0.15, 0.2) is 24.3 Å². The van der Waals surface area contributed by atoms with Crippen molar-refractivity contribution in [3.63, 3.8) is 0 Å². The Morgan fingerprint density at radius 1 is 1.16 bits per heavy atom. The molecule has 108 valence electrons. The zero-order valence-corrected chi connectivity index (χ0v) is 11.9. The highest BCUT2D eigenvalue weighted by atomic mass is 16.5. The summed E-state index contributed by atoms with van der Waals surface area (Å²) in [5.74, 6) is -0.930. The average molecular weight is 268 g/mol. The maximum atomic E-state index is 11.4. The van der Waals surface area contributed by atoms with Crippen LogP contribution in [0, 0.1) is 5.92 Å². The lowest BCUT2D eigenvalue weighted by molar-refractivity contribution is -0.138. The first-order valence-corrected chi connectivity index (χ1v) is 6.70. The molecule has 4 nitrogen and oxygen atoms in total. The lowest BCUT2D eigenvalue weighted by Crippen LogP contribution is -2.07. The smallest absolute Gasteiger partial charge is 0.337 e. The van der Waals surface area contributed by atoms with Crippen molar-refractivity contribution in [2.45, 2.75) is 46.0 Å². The van der Waals surface area contributed by atoms with Crippen LogP contribution >= 0.6 is 0 Å². The van der Waals surface area contributed by atoms with Gasteiger partial charge < -0.3 is 9.84 Å². The maximum Gasteiger partial charge on any atom is 0.337 e. The fourth-order valence-electron chi connectivity index (χ4n) is 1.51. The third kappa shape index (κ3) is 11.3. The van der Waals surface area contributed by atoms with E-state index in [1.165, 1.54) is 12.8 Å². The van der Waals surface area contributed by atoms with E-state index in [4.69, 9.17) is 9.84 Å². The summed E-state index contributed by atoms with van der Waals surface area (Å²) in [5.41, 5.74) is 0.0576. The van der Waals surface area contributed by atoms with Crippen molar-refractivity contribution in [1.82, 2.24) is 0 Å². The van der Waals surface area contributed by atoms with Crippen LogP contribution in [0.2, 0.25) is 0 Å². The fraction of sp³-hybridized carbons (Fsp3) is 0.600. The number of carboxylic acids is 1. The Hall–Kier alpha value is -1.58. The van der Waals surface area contributed by atoms with Gasteiger partial charge in [0.25, 0.3) is 0 Å². The monoisotopic (exact) mass is 268 g/mol. The number of hydrogen-bond acceptors (Lipinski definition) is 3. The molecule has 0 rings (SSSR count). The molecule has 4 heteroatoms. The molecule has 0 unspecified atom stereocenters. The predicted molar refractivity (Wildman–Crippen MR) is 74.8 cm³/mol. The molecule has 0 aromatic rings. The molecule has 0 aliphatic carbocycles. The molecule has 19 heavy (non-hydrogen) atoms. The van der Waals surface area contributed by atoms with Gasteiger partial charge in [0.15, 0.2) is 0 Å². The molecule has 0 saturated heterocycles. The number of unbranched alkanes of at least 4 members (excludes halogenated alkanes) is 3. The Balaban J connectivity index is 3.58. The molecule has 1 N–H and O–H groups in total. The molecule has 0 fully saturated rings. The van der Waals surface area contributed by atoms with Crippen LogP contribution in [0.3, 0.4) is 0 Å². The normalized spacial score (nSPS) is 10.9. The van der Waals surface area contributed by atoms with Crippen molar-refractivity contribution in [1.29, 1.82) is 0 Å². The first-order valence-electron chi connectivity index (χ1n) is 6.70. The van der Waals surface area contributed by atoms with Crippen molar-refractivity contribution in [2.24, 2.45) is 5.92 Å². The van der Waals surface area contributed by atoms with Crippen LogP contribution in [-0.2, 0) is 14.3 Å². The van der Waals surface area contributed by atoms with Crippen LogP contribution < -0.4 is 0 Å². The van der Waals surface area contributed by atoms with E-state index in [0.29, 0.717) is 6.61 Å². The highest BCUT2D eigenvalue weighted by Crippen LogP contribution is 2.09. The molecule has 0 heterocycles. The number of aliphatic carboxylic acids is 1. The summed E-state index contributed by atoms with van der Waals surface area (Å²) in [7, 11) is 0. The minimum atomic E-state index is -1.11. The second kappa shape index (κ2) is 10.4. The second-order valence-electron chi connectivity index (χ2n) is 4.93. The lowest BCUT2D eigenvalue weighted by atomic mass is 10.0. The molecular weight excluding hydrogens is 244 g/mol. The zero-order chi connectivity index (χ0) is 14.7.